The molecule has 0 unspecified atom stereocenters. The van der Waals surface area contributed by atoms with Gasteiger partial charge < -0.3 is 14.8 Å². The average molecular weight is 469 g/mol. The summed E-state index contributed by atoms with van der Waals surface area (Å²) >= 11 is 0. The van der Waals surface area contributed by atoms with Crippen molar-refractivity contribution in [2.45, 2.75) is 18.4 Å². The van der Waals surface area contributed by atoms with Crippen LogP contribution >= 0.6 is 0 Å². The fourth-order valence-corrected chi connectivity index (χ4v) is 5.18. The number of carboxylic acid groups (broad SMARTS) is 1. The van der Waals surface area contributed by atoms with Crippen molar-refractivity contribution < 1.29 is 23.1 Å². The zero-order chi connectivity index (χ0) is 23.8. The van der Waals surface area contributed by atoms with E-state index in [1.807, 2.05) is 6.92 Å². The Morgan fingerprint density at radius 3 is 2.18 bits per heavy atom. The van der Waals surface area contributed by atoms with E-state index in [1.54, 1.807) is 36.4 Å². The Balaban J connectivity index is 1.49. The monoisotopic (exact) mass is 469 g/mol. The predicted molar refractivity (Wildman–Crippen MR) is 117 cm³/mol. The molecule has 0 N–H and O–H groups in total. The predicted octanol–water partition coefficient (Wildman–Crippen LogP) is -0.398. The van der Waals surface area contributed by atoms with E-state index in [0.29, 0.717) is 0 Å². The molecule has 2 heterocycles. The second-order valence-corrected chi connectivity index (χ2v) is 9.68. The molecule has 0 radical (unpaired) electrons. The summed E-state index contributed by atoms with van der Waals surface area (Å²) in [4.78, 5) is 38.6. The summed E-state index contributed by atoms with van der Waals surface area (Å²) in [6.45, 7) is 1.89. The molecule has 0 spiro atoms. The van der Waals surface area contributed by atoms with Gasteiger partial charge in [0.25, 0.3) is 5.56 Å². The van der Waals surface area contributed by atoms with Gasteiger partial charge in [-0.05, 0) is 25.1 Å². The van der Waals surface area contributed by atoms with E-state index < -0.39 is 39.7 Å². The lowest BCUT2D eigenvalue weighted by Crippen LogP contribution is -2.51. The lowest BCUT2D eigenvalue weighted by molar-refractivity contribution is -0.255. The molecule has 172 valence electrons. The zero-order valence-corrected chi connectivity index (χ0v) is 18.6. The van der Waals surface area contributed by atoms with E-state index in [1.165, 1.54) is 21.3 Å². The molecule has 1 aliphatic rings. The number of carbonyl (C=O) groups excluding carboxylic acids is 2. The third-order valence-electron chi connectivity index (χ3n) is 5.60. The maximum absolute atomic E-state index is 12.8. The lowest BCUT2D eigenvalue weighted by atomic mass is 10.1. The van der Waals surface area contributed by atoms with Gasteiger partial charge in [0.15, 0.2) is 0 Å². The van der Waals surface area contributed by atoms with Crippen molar-refractivity contribution in [1.82, 2.24) is 19.0 Å². The second-order valence-electron chi connectivity index (χ2n) is 7.74. The standard InChI is InChI=1S/C22H22N4O6S/c1-15-6-8-16(9-7-15)33(31,32)25-12-10-24(11-13-25)19(27)14-26-21(28)18-5-3-2-4-17(18)20(23-26)22(29)30/h2-9H,10-14H2,1H3,(H,29,30)/p-1. The summed E-state index contributed by atoms with van der Waals surface area (Å²) in [7, 11) is -3.68. The number of sulfonamides is 1. The number of hydrogen-bond donors (Lipinski definition) is 0. The molecule has 0 aliphatic carbocycles. The van der Waals surface area contributed by atoms with Crippen molar-refractivity contribution in [3.63, 3.8) is 0 Å². The molecule has 0 atom stereocenters. The highest BCUT2D eigenvalue weighted by Gasteiger charge is 2.30. The highest BCUT2D eigenvalue weighted by atomic mass is 32.2. The summed E-state index contributed by atoms with van der Waals surface area (Å²) in [5.41, 5.74) is -0.0692. The topological polar surface area (TPSA) is 133 Å². The normalized spacial score (nSPS) is 15.0. The Hall–Kier alpha value is -3.57. The number of rotatable bonds is 5. The van der Waals surface area contributed by atoms with Gasteiger partial charge in [-0.3, -0.25) is 9.59 Å². The summed E-state index contributed by atoms with van der Waals surface area (Å²) in [6, 6.07) is 12.6. The number of aromatic carboxylic acids is 1. The number of fused-ring (bicyclic) bond motifs is 1. The van der Waals surface area contributed by atoms with Gasteiger partial charge in [-0.1, -0.05) is 35.9 Å². The molecule has 0 saturated carbocycles. The van der Waals surface area contributed by atoms with Crippen LogP contribution in [-0.2, 0) is 21.4 Å². The van der Waals surface area contributed by atoms with Crippen LogP contribution in [0.25, 0.3) is 10.8 Å². The number of piperazine rings is 1. The smallest absolute Gasteiger partial charge is 0.275 e. The van der Waals surface area contributed by atoms with Gasteiger partial charge in [-0.2, -0.15) is 9.40 Å². The van der Waals surface area contributed by atoms with E-state index in [2.05, 4.69) is 5.10 Å². The van der Waals surface area contributed by atoms with Gasteiger partial charge in [-0.25, -0.2) is 13.1 Å². The summed E-state index contributed by atoms with van der Waals surface area (Å²) < 4.78 is 27.8. The highest BCUT2D eigenvalue weighted by Crippen LogP contribution is 2.18. The molecule has 11 heteroatoms. The van der Waals surface area contributed by atoms with Crippen molar-refractivity contribution >= 4 is 32.7 Å². The van der Waals surface area contributed by atoms with Crippen LogP contribution in [0.4, 0.5) is 0 Å². The zero-order valence-electron chi connectivity index (χ0n) is 17.8. The number of carboxylic acids is 1. The van der Waals surface area contributed by atoms with E-state index in [4.69, 9.17) is 0 Å². The largest absolute Gasteiger partial charge is 0.543 e. The minimum absolute atomic E-state index is 0.103. The lowest BCUT2D eigenvalue weighted by Gasteiger charge is -2.34. The molecule has 10 nitrogen and oxygen atoms in total. The Morgan fingerprint density at radius 1 is 0.970 bits per heavy atom. The molecule has 33 heavy (non-hydrogen) atoms. The number of nitrogens with zero attached hydrogens (tertiary/aromatic N) is 4. The molecule has 0 bridgehead atoms. The Labute approximate surface area is 189 Å². The number of amides is 1. The van der Waals surface area contributed by atoms with Crippen LogP contribution in [0.1, 0.15) is 16.1 Å². The van der Waals surface area contributed by atoms with Crippen molar-refractivity contribution in [3.05, 3.63) is 70.1 Å². The van der Waals surface area contributed by atoms with Crippen molar-refractivity contribution in [2.24, 2.45) is 0 Å². The fourth-order valence-electron chi connectivity index (χ4n) is 3.76. The summed E-state index contributed by atoms with van der Waals surface area (Å²) in [6.07, 6.45) is 0. The Morgan fingerprint density at radius 2 is 1.58 bits per heavy atom. The van der Waals surface area contributed by atoms with Crippen molar-refractivity contribution in [3.8, 4) is 0 Å². The Kier molecular flexibility index (Phi) is 6.00. The van der Waals surface area contributed by atoms with Gasteiger partial charge in [-0.15, -0.1) is 0 Å². The first-order valence-corrected chi connectivity index (χ1v) is 11.7. The molecule has 4 rings (SSSR count). The van der Waals surface area contributed by atoms with Gasteiger partial charge in [0.2, 0.25) is 15.9 Å². The minimum Gasteiger partial charge on any atom is -0.543 e. The second kappa shape index (κ2) is 8.75. The van der Waals surface area contributed by atoms with E-state index in [9.17, 15) is 27.9 Å². The number of aromatic nitrogens is 2. The molecule has 1 saturated heterocycles. The van der Waals surface area contributed by atoms with Crippen molar-refractivity contribution in [1.29, 1.82) is 0 Å². The van der Waals surface area contributed by atoms with E-state index >= 15 is 0 Å². The van der Waals surface area contributed by atoms with Crippen LogP contribution in [0.5, 0.6) is 0 Å². The van der Waals surface area contributed by atoms with Crippen LogP contribution in [0, 0.1) is 6.92 Å². The van der Waals surface area contributed by atoms with Gasteiger partial charge in [0.05, 0.1) is 16.3 Å². The third-order valence-corrected chi connectivity index (χ3v) is 7.51. The van der Waals surface area contributed by atoms with Gasteiger partial charge >= 0.3 is 0 Å². The quantitative estimate of drug-likeness (QED) is 0.497. The average Bonchev–Trinajstić information content (AvgIpc) is 2.81. The maximum atomic E-state index is 12.8. The van der Waals surface area contributed by atoms with Gasteiger partial charge in [0.1, 0.15) is 12.2 Å². The fraction of sp³-hybridized carbons (Fsp3) is 0.273. The first kappa shape index (κ1) is 22.6. The number of aryl methyl sites for hydroxylation is 1. The highest BCUT2D eigenvalue weighted by molar-refractivity contribution is 7.89. The molecular formula is C22H21N4O6S-. The molecule has 1 aliphatic heterocycles. The molecule has 1 fully saturated rings. The van der Waals surface area contributed by atoms with Crippen LogP contribution in [0.3, 0.4) is 0 Å². The summed E-state index contributed by atoms with van der Waals surface area (Å²) in [5.74, 6) is -2.01. The van der Waals surface area contributed by atoms with Crippen LogP contribution in [0.2, 0.25) is 0 Å². The Bertz CT molecular complexity index is 1390. The number of carbonyl (C=O) groups is 2. The first-order chi connectivity index (χ1) is 15.7. The van der Waals surface area contributed by atoms with Crippen LogP contribution < -0.4 is 10.7 Å². The summed E-state index contributed by atoms with van der Waals surface area (Å²) in [5, 5.41) is 15.6. The van der Waals surface area contributed by atoms with Crippen molar-refractivity contribution in [2.75, 3.05) is 26.2 Å². The van der Waals surface area contributed by atoms with Crippen LogP contribution in [0.15, 0.2) is 58.2 Å². The molecule has 1 amide bonds. The van der Waals surface area contributed by atoms with Crippen LogP contribution in [-0.4, -0.2) is 65.5 Å². The SMILES string of the molecule is Cc1ccc(S(=O)(=O)N2CCN(C(=O)Cn3nc(C(=O)[O-])c4ccccc4c3=O)CC2)cc1. The molecule has 1 aromatic heterocycles. The molecular weight excluding hydrogens is 448 g/mol. The maximum Gasteiger partial charge on any atom is 0.275 e. The van der Waals surface area contributed by atoms with E-state index in [0.717, 1.165) is 10.2 Å². The van der Waals surface area contributed by atoms with E-state index in [-0.39, 0.29) is 41.8 Å². The first-order valence-electron chi connectivity index (χ1n) is 10.2. The number of benzene rings is 2. The molecule has 3 aromatic rings. The van der Waals surface area contributed by atoms with Gasteiger partial charge in [0, 0.05) is 31.6 Å². The molecule has 2 aromatic carbocycles. The number of hydrogen-bond acceptors (Lipinski definition) is 7. The minimum atomic E-state index is -3.68. The third kappa shape index (κ3) is 4.37.